The molecule has 18 heavy (non-hydrogen) atoms. The first-order valence-corrected chi connectivity index (χ1v) is 8.83. The number of nitrogens with two attached hydrogens (primary N) is 1. The summed E-state index contributed by atoms with van der Waals surface area (Å²) in [5, 5.41) is 15.7. The van der Waals surface area contributed by atoms with E-state index in [-0.39, 0.29) is 11.3 Å². The lowest BCUT2D eigenvalue weighted by molar-refractivity contribution is 0.448. The van der Waals surface area contributed by atoms with Crippen LogP contribution in [-0.4, -0.2) is 28.0 Å². The number of thioether (sulfide) groups is 2. The Labute approximate surface area is 121 Å². The van der Waals surface area contributed by atoms with Gasteiger partial charge in [0, 0.05) is 11.2 Å². The van der Waals surface area contributed by atoms with Gasteiger partial charge in [-0.15, -0.1) is 10.2 Å². The lowest BCUT2D eigenvalue weighted by Crippen LogP contribution is -2.30. The third-order valence-corrected chi connectivity index (χ3v) is 5.83. The van der Waals surface area contributed by atoms with E-state index in [2.05, 4.69) is 10.2 Å². The van der Waals surface area contributed by atoms with Crippen molar-refractivity contribution in [2.75, 3.05) is 12.0 Å². The first-order chi connectivity index (χ1) is 8.45. The van der Waals surface area contributed by atoms with Crippen LogP contribution in [0.25, 0.3) is 0 Å². The van der Waals surface area contributed by atoms with Gasteiger partial charge in [-0.05, 0) is 19.1 Å². The van der Waals surface area contributed by atoms with E-state index in [4.69, 9.17) is 11.1 Å². The molecule has 0 aromatic carbocycles. The fourth-order valence-corrected chi connectivity index (χ4v) is 3.81. The van der Waals surface area contributed by atoms with Crippen molar-refractivity contribution >= 4 is 40.7 Å². The number of rotatable bonds is 8. The van der Waals surface area contributed by atoms with E-state index in [0.717, 1.165) is 33.7 Å². The summed E-state index contributed by atoms with van der Waals surface area (Å²) in [7, 11) is 0. The van der Waals surface area contributed by atoms with Gasteiger partial charge in [-0.25, -0.2) is 0 Å². The highest BCUT2D eigenvalue weighted by molar-refractivity contribution is 8.02. The lowest BCUT2D eigenvalue weighted by atomic mass is 9.86. The van der Waals surface area contributed by atoms with Gasteiger partial charge in [0.1, 0.15) is 0 Å². The fraction of sp³-hybridized carbons (Fsp3) is 0.727. The molecule has 0 amide bonds. The third kappa shape index (κ3) is 5.16. The maximum Gasteiger partial charge on any atom is 0.175 e. The highest BCUT2D eigenvalue weighted by Crippen LogP contribution is 2.29. The maximum absolute atomic E-state index is 7.49. The highest BCUT2D eigenvalue weighted by atomic mass is 32.2. The predicted molar refractivity (Wildman–Crippen MR) is 82.0 cm³/mol. The molecule has 1 aromatic rings. The zero-order chi connectivity index (χ0) is 13.6. The van der Waals surface area contributed by atoms with Crippen LogP contribution in [0.3, 0.4) is 0 Å². The second-order valence-electron chi connectivity index (χ2n) is 4.64. The van der Waals surface area contributed by atoms with E-state index in [9.17, 15) is 0 Å². The Morgan fingerprint density at radius 1 is 1.33 bits per heavy atom. The molecule has 0 atom stereocenters. The Bertz CT molecular complexity index is 389. The van der Waals surface area contributed by atoms with Crippen molar-refractivity contribution in [1.29, 1.82) is 5.41 Å². The molecule has 0 fully saturated rings. The van der Waals surface area contributed by atoms with Crippen LogP contribution in [0.1, 0.15) is 33.1 Å². The van der Waals surface area contributed by atoms with Gasteiger partial charge >= 0.3 is 0 Å². The molecule has 0 aliphatic heterocycles. The lowest BCUT2D eigenvalue weighted by Gasteiger charge is -2.22. The van der Waals surface area contributed by atoms with Crippen LogP contribution in [0.2, 0.25) is 0 Å². The topological polar surface area (TPSA) is 75.7 Å². The van der Waals surface area contributed by atoms with Crippen LogP contribution in [0.15, 0.2) is 8.68 Å². The largest absolute Gasteiger partial charge is 0.387 e. The Hall–Kier alpha value is -0.270. The Balaban J connectivity index is 2.17. The van der Waals surface area contributed by atoms with Gasteiger partial charge in [-0.3, -0.25) is 5.41 Å². The average Bonchev–Trinajstić information content (AvgIpc) is 2.76. The monoisotopic (exact) mass is 304 g/mol. The van der Waals surface area contributed by atoms with Gasteiger partial charge in [-0.2, -0.15) is 0 Å². The minimum atomic E-state index is -0.167. The summed E-state index contributed by atoms with van der Waals surface area (Å²) in [6.07, 6.45) is 5.19. The number of hydrogen-bond donors (Lipinski definition) is 2. The molecule has 0 bridgehead atoms. The fourth-order valence-electron chi connectivity index (χ4n) is 1.30. The predicted octanol–water partition coefficient (Wildman–Crippen LogP) is 3.48. The summed E-state index contributed by atoms with van der Waals surface area (Å²) >= 11 is 5.05. The van der Waals surface area contributed by atoms with Gasteiger partial charge in [0.15, 0.2) is 8.68 Å². The van der Waals surface area contributed by atoms with Crippen LogP contribution in [0.4, 0.5) is 0 Å². The molecule has 0 aliphatic rings. The second kappa shape index (κ2) is 7.35. The van der Waals surface area contributed by atoms with E-state index >= 15 is 0 Å². The highest BCUT2D eigenvalue weighted by Gasteiger charge is 2.20. The van der Waals surface area contributed by atoms with Crippen molar-refractivity contribution in [3.63, 3.8) is 0 Å². The molecule has 7 heteroatoms. The number of hydrogen-bond acceptors (Lipinski definition) is 6. The molecule has 1 heterocycles. The van der Waals surface area contributed by atoms with Gasteiger partial charge in [-0.1, -0.05) is 55.1 Å². The quantitative estimate of drug-likeness (QED) is 0.333. The van der Waals surface area contributed by atoms with Gasteiger partial charge < -0.3 is 5.73 Å². The Kier molecular flexibility index (Phi) is 6.45. The summed E-state index contributed by atoms with van der Waals surface area (Å²) < 4.78 is 2.07. The molecular weight excluding hydrogens is 284 g/mol. The summed E-state index contributed by atoms with van der Waals surface area (Å²) in [6.45, 7) is 4.05. The standard InChI is InChI=1S/C11H20N4S3/c1-11(2,8(12)13)6-4-5-7-17-10-15-14-9(16-3)18-10/h4-7H2,1-3H3,(H3,12,13). The molecule has 0 saturated heterocycles. The van der Waals surface area contributed by atoms with Crippen LogP contribution >= 0.6 is 34.9 Å². The van der Waals surface area contributed by atoms with E-state index in [1.54, 1.807) is 34.9 Å². The number of aromatic nitrogens is 2. The van der Waals surface area contributed by atoms with Crippen molar-refractivity contribution in [1.82, 2.24) is 10.2 Å². The van der Waals surface area contributed by atoms with Crippen LogP contribution < -0.4 is 5.73 Å². The molecule has 0 unspecified atom stereocenters. The van der Waals surface area contributed by atoms with Gasteiger partial charge in [0.25, 0.3) is 0 Å². The number of nitrogens with one attached hydrogen (secondary N) is 1. The van der Waals surface area contributed by atoms with Gasteiger partial charge in [0.05, 0.1) is 5.84 Å². The van der Waals surface area contributed by atoms with Crippen LogP contribution in [0.5, 0.6) is 0 Å². The molecule has 102 valence electrons. The van der Waals surface area contributed by atoms with Crippen molar-refractivity contribution in [3.8, 4) is 0 Å². The third-order valence-electron chi connectivity index (χ3n) is 2.71. The Morgan fingerprint density at radius 3 is 2.56 bits per heavy atom. The van der Waals surface area contributed by atoms with E-state index in [1.807, 2.05) is 20.1 Å². The zero-order valence-electron chi connectivity index (χ0n) is 11.0. The summed E-state index contributed by atoms with van der Waals surface area (Å²) in [5.74, 6) is 1.33. The van der Waals surface area contributed by atoms with Crippen molar-refractivity contribution < 1.29 is 0 Å². The summed E-state index contributed by atoms with van der Waals surface area (Å²) in [6, 6.07) is 0. The minimum Gasteiger partial charge on any atom is -0.387 e. The smallest absolute Gasteiger partial charge is 0.175 e. The molecule has 0 spiro atoms. The molecule has 3 N–H and O–H groups in total. The summed E-state index contributed by atoms with van der Waals surface area (Å²) in [5.41, 5.74) is 5.39. The minimum absolute atomic E-state index is 0.167. The number of amidine groups is 1. The molecule has 0 saturated carbocycles. The number of unbranched alkanes of at least 4 members (excludes halogenated alkanes) is 1. The number of nitrogens with zero attached hydrogens (tertiary/aromatic N) is 2. The van der Waals surface area contributed by atoms with Gasteiger partial charge in [0.2, 0.25) is 0 Å². The first-order valence-electron chi connectivity index (χ1n) is 5.80. The first kappa shape index (κ1) is 15.8. The van der Waals surface area contributed by atoms with Crippen LogP contribution in [0, 0.1) is 10.8 Å². The molecule has 1 aromatic heterocycles. The van der Waals surface area contributed by atoms with Crippen molar-refractivity contribution in [3.05, 3.63) is 0 Å². The van der Waals surface area contributed by atoms with Crippen molar-refractivity contribution in [2.24, 2.45) is 11.1 Å². The molecule has 1 rings (SSSR count). The SMILES string of the molecule is CSc1nnc(SCCCCC(C)(C)C(=N)N)s1. The van der Waals surface area contributed by atoms with E-state index in [1.165, 1.54) is 0 Å². The van der Waals surface area contributed by atoms with E-state index < -0.39 is 0 Å². The molecule has 4 nitrogen and oxygen atoms in total. The Morgan fingerprint density at radius 2 is 2.00 bits per heavy atom. The van der Waals surface area contributed by atoms with Crippen LogP contribution in [-0.2, 0) is 0 Å². The van der Waals surface area contributed by atoms with Crippen molar-refractivity contribution in [2.45, 2.75) is 41.8 Å². The molecule has 0 aliphatic carbocycles. The zero-order valence-corrected chi connectivity index (χ0v) is 13.5. The maximum atomic E-state index is 7.49. The molecular formula is C11H20N4S3. The summed E-state index contributed by atoms with van der Waals surface area (Å²) in [4.78, 5) is 0. The average molecular weight is 305 g/mol. The normalized spacial score (nSPS) is 11.7. The second-order valence-corrected chi connectivity index (χ2v) is 8.01. The molecule has 0 radical (unpaired) electrons. The van der Waals surface area contributed by atoms with E-state index in [0.29, 0.717) is 0 Å².